The molecule has 0 aromatic heterocycles. The molecule has 3 heteroatoms. The van der Waals surface area contributed by atoms with Gasteiger partial charge in [0.2, 0.25) is 0 Å². The molecule has 0 rings (SSSR count). The fourth-order valence-corrected chi connectivity index (χ4v) is 0.249. The Morgan fingerprint density at radius 1 is 1.45 bits per heavy atom. The number of Topliss-reactive ketones (excluding diaryl/α,β-unsaturated/α-hetero) is 1. The van der Waals surface area contributed by atoms with Gasteiger partial charge in [-0.3, -0.25) is 0 Å². The van der Waals surface area contributed by atoms with Crippen LogP contribution in [0.4, 0.5) is 0 Å². The zero-order valence-corrected chi connectivity index (χ0v) is 9.85. The van der Waals surface area contributed by atoms with Gasteiger partial charge in [-0.05, 0) is 13.3 Å². The van der Waals surface area contributed by atoms with Gasteiger partial charge in [-0.15, -0.1) is 6.42 Å². The summed E-state index contributed by atoms with van der Waals surface area (Å²) in [7, 11) is 0. The summed E-state index contributed by atoms with van der Waals surface area (Å²) >= 11 is 0. The first kappa shape index (κ1) is 17.5. The number of hydrogen-bond donors (Lipinski definition) is 0. The summed E-state index contributed by atoms with van der Waals surface area (Å²) in [6.07, 6.45) is 2.51. The molecular formula is C8H14O2Y-2. The fourth-order valence-electron chi connectivity index (χ4n) is 0.249. The Hall–Kier alpha value is 0.444. The summed E-state index contributed by atoms with van der Waals surface area (Å²) < 4.78 is 0. The van der Waals surface area contributed by atoms with E-state index in [1.165, 1.54) is 0 Å². The van der Waals surface area contributed by atoms with Crippen molar-refractivity contribution in [3.8, 4) is 0 Å². The maximum Gasteiger partial charge on any atom is 0.127 e. The van der Waals surface area contributed by atoms with Gasteiger partial charge >= 0.3 is 0 Å². The van der Waals surface area contributed by atoms with Gasteiger partial charge in [-0.1, -0.05) is 0 Å². The van der Waals surface area contributed by atoms with Crippen LogP contribution in [0.5, 0.6) is 0 Å². The van der Waals surface area contributed by atoms with Crippen LogP contribution in [-0.2, 0) is 42.3 Å². The van der Waals surface area contributed by atoms with Gasteiger partial charge < -0.3 is 23.4 Å². The zero-order valence-electron chi connectivity index (χ0n) is 7.01. The molecule has 0 bridgehead atoms. The largest absolute Gasteiger partial charge is 0.343 e. The van der Waals surface area contributed by atoms with E-state index in [9.17, 15) is 4.79 Å². The molecule has 0 aliphatic rings. The van der Waals surface area contributed by atoms with Crippen molar-refractivity contribution in [1.82, 2.24) is 0 Å². The smallest absolute Gasteiger partial charge is 0.127 e. The minimum Gasteiger partial charge on any atom is -0.343 e. The van der Waals surface area contributed by atoms with Crippen molar-refractivity contribution in [3.05, 3.63) is 13.8 Å². The summed E-state index contributed by atoms with van der Waals surface area (Å²) in [6, 6.07) is 0. The van der Waals surface area contributed by atoms with Crippen LogP contribution in [0, 0.1) is 13.8 Å². The summed E-state index contributed by atoms with van der Waals surface area (Å²) in [4.78, 5) is 19.1. The second-order valence-corrected chi connectivity index (χ2v) is 1.76. The van der Waals surface area contributed by atoms with E-state index in [2.05, 4.69) is 13.8 Å². The molecule has 63 valence electrons. The van der Waals surface area contributed by atoms with Crippen LogP contribution in [0.2, 0.25) is 0 Å². The Bertz CT molecular complexity index is 92.1. The summed E-state index contributed by atoms with van der Waals surface area (Å²) in [5.74, 6) is 0.227. The van der Waals surface area contributed by atoms with Crippen LogP contribution in [0.15, 0.2) is 0 Å². The molecule has 0 saturated heterocycles. The van der Waals surface area contributed by atoms with E-state index < -0.39 is 0 Å². The molecule has 0 amide bonds. The second-order valence-electron chi connectivity index (χ2n) is 1.76. The Morgan fingerprint density at radius 3 is 1.82 bits per heavy atom. The Labute approximate surface area is 94.0 Å². The van der Waals surface area contributed by atoms with Crippen LogP contribution in [0.1, 0.15) is 26.2 Å². The number of carbonyl (C=O) groups excluding carboxylic acids is 2. The first-order valence-corrected chi connectivity index (χ1v) is 3.20. The van der Waals surface area contributed by atoms with Gasteiger partial charge in [0.1, 0.15) is 5.78 Å². The van der Waals surface area contributed by atoms with Gasteiger partial charge in [0.15, 0.2) is 0 Å². The van der Waals surface area contributed by atoms with Crippen molar-refractivity contribution in [3.63, 3.8) is 0 Å². The van der Waals surface area contributed by atoms with Crippen molar-refractivity contribution in [2.45, 2.75) is 26.2 Å². The molecule has 0 saturated carbocycles. The van der Waals surface area contributed by atoms with Gasteiger partial charge in [0.25, 0.3) is 0 Å². The Morgan fingerprint density at radius 2 is 1.82 bits per heavy atom. The predicted molar refractivity (Wildman–Crippen MR) is 41.3 cm³/mol. The monoisotopic (exact) mass is 231 g/mol. The van der Waals surface area contributed by atoms with Gasteiger partial charge in [-0.2, -0.15) is 6.42 Å². The predicted octanol–water partition coefficient (Wildman–Crippen LogP) is 1.60. The molecule has 0 aliphatic carbocycles. The third-order valence-corrected chi connectivity index (χ3v) is 0.647. The molecule has 2 nitrogen and oxygen atoms in total. The summed E-state index contributed by atoms with van der Waals surface area (Å²) in [6.45, 7) is 8.32. The maximum atomic E-state index is 10.0. The van der Waals surface area contributed by atoms with Crippen molar-refractivity contribution < 1.29 is 42.3 Å². The SMILES string of the molecule is [CH2-]CC=O.[CH2-]CCC(C)=O.[Y]. The molecule has 0 unspecified atom stereocenters. The molecule has 0 fully saturated rings. The summed E-state index contributed by atoms with van der Waals surface area (Å²) in [5.41, 5.74) is 0. The van der Waals surface area contributed by atoms with E-state index in [1.54, 1.807) is 6.92 Å². The average molecular weight is 231 g/mol. The van der Waals surface area contributed by atoms with Crippen LogP contribution < -0.4 is 0 Å². The Kier molecular flexibility index (Phi) is 26.8. The molecule has 11 heavy (non-hydrogen) atoms. The molecule has 0 spiro atoms. The summed E-state index contributed by atoms with van der Waals surface area (Å²) in [5, 5.41) is 0. The molecule has 0 heterocycles. The molecular weight excluding hydrogens is 217 g/mol. The van der Waals surface area contributed by atoms with Gasteiger partial charge in [0, 0.05) is 32.7 Å². The standard InChI is InChI=1S/C5H9O.C3H5O.Y/c1-3-4-5(2)6;1-2-3-4;/h1,3-4H2,2H3;3H,1-2H2;/q2*-1;. The normalized spacial score (nSPS) is 6.82. The first-order chi connectivity index (χ1) is 4.68. The number of aldehydes is 1. The topological polar surface area (TPSA) is 34.1 Å². The molecule has 0 atom stereocenters. The molecule has 0 N–H and O–H groups in total. The van der Waals surface area contributed by atoms with E-state index >= 15 is 0 Å². The zero-order chi connectivity index (χ0) is 8.41. The van der Waals surface area contributed by atoms with Crippen molar-refractivity contribution in [1.29, 1.82) is 0 Å². The maximum absolute atomic E-state index is 10.0. The average Bonchev–Trinajstić information content (AvgIpc) is 1.89. The van der Waals surface area contributed by atoms with E-state index in [1.807, 2.05) is 0 Å². The molecule has 1 radical (unpaired) electrons. The molecule has 0 aliphatic heterocycles. The number of carbonyl (C=O) groups is 2. The minimum absolute atomic E-state index is 0. The van der Waals surface area contributed by atoms with Crippen LogP contribution >= 0.6 is 0 Å². The Balaban J connectivity index is -0.000000114. The van der Waals surface area contributed by atoms with Crippen LogP contribution in [0.25, 0.3) is 0 Å². The van der Waals surface area contributed by atoms with Crippen molar-refractivity contribution in [2.24, 2.45) is 0 Å². The van der Waals surface area contributed by atoms with Gasteiger partial charge in [-0.25, -0.2) is 0 Å². The van der Waals surface area contributed by atoms with Gasteiger partial charge in [0.05, 0.1) is 6.29 Å². The third kappa shape index (κ3) is 37.7. The van der Waals surface area contributed by atoms with E-state index in [0.29, 0.717) is 12.8 Å². The molecule has 0 aromatic carbocycles. The number of hydrogen-bond acceptors (Lipinski definition) is 2. The number of ketones is 1. The van der Waals surface area contributed by atoms with Crippen molar-refractivity contribution >= 4 is 12.1 Å². The van der Waals surface area contributed by atoms with Crippen LogP contribution in [0.3, 0.4) is 0 Å². The number of rotatable bonds is 3. The van der Waals surface area contributed by atoms with E-state index in [4.69, 9.17) is 4.79 Å². The first-order valence-electron chi connectivity index (χ1n) is 3.20. The van der Waals surface area contributed by atoms with E-state index in [-0.39, 0.29) is 38.5 Å². The van der Waals surface area contributed by atoms with E-state index in [0.717, 1.165) is 12.7 Å². The minimum atomic E-state index is 0. The quantitative estimate of drug-likeness (QED) is 0.546. The third-order valence-electron chi connectivity index (χ3n) is 0.647. The molecule has 0 aromatic rings. The van der Waals surface area contributed by atoms with Crippen molar-refractivity contribution in [2.75, 3.05) is 0 Å². The second kappa shape index (κ2) is 16.8. The fraction of sp³-hybridized carbons (Fsp3) is 0.500. The van der Waals surface area contributed by atoms with Crippen LogP contribution in [-0.4, -0.2) is 12.1 Å².